The van der Waals surface area contributed by atoms with Crippen molar-refractivity contribution in [3.63, 3.8) is 0 Å². The molecule has 0 bridgehead atoms. The van der Waals surface area contributed by atoms with Crippen LogP contribution in [0.15, 0.2) is 23.4 Å². The molecular weight excluding hydrogens is 437 g/mol. The van der Waals surface area contributed by atoms with Crippen molar-refractivity contribution in [2.75, 3.05) is 25.5 Å². The molecule has 0 aromatic carbocycles. The van der Waals surface area contributed by atoms with Crippen LogP contribution in [0, 0.1) is 5.82 Å². The quantitative estimate of drug-likeness (QED) is 0.502. The Morgan fingerprint density at radius 1 is 1.42 bits per heavy atom. The predicted octanol–water partition coefficient (Wildman–Crippen LogP) is 3.21. The van der Waals surface area contributed by atoms with Gasteiger partial charge in [-0.3, -0.25) is 9.52 Å². The third-order valence-corrected chi connectivity index (χ3v) is 5.62. The molecule has 1 saturated carbocycles. The van der Waals surface area contributed by atoms with E-state index in [0.717, 1.165) is 18.9 Å². The molecule has 0 aliphatic heterocycles. The molecule has 3 rings (SSSR count). The highest BCUT2D eigenvalue weighted by Gasteiger charge is 2.24. The summed E-state index contributed by atoms with van der Waals surface area (Å²) in [6, 6.07) is 1.33. The Hall–Kier alpha value is -3.02. The SMILES string of the molecule is COc1nc(OCC(F)F)c(F)cc1NS(=O)c1c[nH]c(C=O)c1/C=C\N(C)C1CC1. The minimum absolute atomic E-state index is 0.0818. The molecule has 31 heavy (non-hydrogen) atoms. The number of ether oxygens (including phenoxy) is 2. The minimum atomic E-state index is -2.80. The van der Waals surface area contributed by atoms with Gasteiger partial charge >= 0.3 is 0 Å². The lowest BCUT2D eigenvalue weighted by molar-refractivity contribution is 0.0770. The van der Waals surface area contributed by atoms with Gasteiger partial charge in [0.05, 0.1) is 17.7 Å². The highest BCUT2D eigenvalue weighted by molar-refractivity contribution is 7.86. The molecule has 0 amide bonds. The van der Waals surface area contributed by atoms with Crippen LogP contribution in [0.4, 0.5) is 18.9 Å². The van der Waals surface area contributed by atoms with Gasteiger partial charge in [0, 0.05) is 30.9 Å². The van der Waals surface area contributed by atoms with E-state index in [9.17, 15) is 22.2 Å². The number of rotatable bonds is 11. The average molecular weight is 458 g/mol. The van der Waals surface area contributed by atoms with Crippen molar-refractivity contribution in [3.05, 3.63) is 35.5 Å². The Morgan fingerprint density at radius 3 is 2.77 bits per heavy atom. The molecule has 12 heteroatoms. The number of aromatic nitrogens is 2. The number of H-pyrrole nitrogens is 1. The van der Waals surface area contributed by atoms with Gasteiger partial charge < -0.3 is 19.4 Å². The van der Waals surface area contributed by atoms with Crippen LogP contribution in [0.5, 0.6) is 11.8 Å². The van der Waals surface area contributed by atoms with Crippen molar-refractivity contribution in [1.82, 2.24) is 14.9 Å². The molecule has 0 radical (unpaired) electrons. The maximum Gasteiger partial charge on any atom is 0.272 e. The fourth-order valence-corrected chi connectivity index (χ4v) is 3.73. The number of carbonyl (C=O) groups excluding carboxylic acids is 1. The second-order valence-electron chi connectivity index (χ2n) is 6.72. The normalized spacial score (nSPS) is 14.6. The van der Waals surface area contributed by atoms with Crippen LogP contribution in [0.25, 0.3) is 6.08 Å². The van der Waals surface area contributed by atoms with Crippen LogP contribution in [0.2, 0.25) is 0 Å². The van der Waals surface area contributed by atoms with Crippen LogP contribution in [0.1, 0.15) is 28.9 Å². The van der Waals surface area contributed by atoms with E-state index in [-0.39, 0.29) is 22.2 Å². The molecule has 2 N–H and O–H groups in total. The van der Waals surface area contributed by atoms with Gasteiger partial charge in [-0.05, 0) is 25.1 Å². The Bertz CT molecular complexity index is 995. The van der Waals surface area contributed by atoms with Gasteiger partial charge in [-0.1, -0.05) is 0 Å². The standard InChI is InChI=1S/C19H21F3N4O4S/c1-26(11-3-4-11)6-5-12-15(9-27)23-8-16(12)31(28)25-14-7-13(20)18(24-19(14)29-2)30-10-17(21)22/h5-9,11,17,23,25H,3-4,10H2,1-2H3/b6-5-. The molecule has 2 aromatic rings. The summed E-state index contributed by atoms with van der Waals surface area (Å²) in [5.74, 6) is -1.89. The number of methoxy groups -OCH3 is 1. The molecule has 2 heterocycles. The van der Waals surface area contributed by atoms with Gasteiger partial charge in [0.25, 0.3) is 12.3 Å². The molecule has 1 fully saturated rings. The summed E-state index contributed by atoms with van der Waals surface area (Å²) in [4.78, 5) is 20.1. The Balaban J connectivity index is 1.83. The molecule has 2 aromatic heterocycles. The molecule has 1 unspecified atom stereocenters. The van der Waals surface area contributed by atoms with Crippen LogP contribution in [-0.4, -0.2) is 58.6 Å². The van der Waals surface area contributed by atoms with Crippen LogP contribution >= 0.6 is 0 Å². The summed E-state index contributed by atoms with van der Waals surface area (Å²) in [5, 5.41) is 0. The highest BCUT2D eigenvalue weighted by Crippen LogP contribution is 2.31. The molecule has 0 spiro atoms. The summed E-state index contributed by atoms with van der Waals surface area (Å²) >= 11 is 0. The van der Waals surface area contributed by atoms with Gasteiger partial charge in [0.2, 0.25) is 5.88 Å². The molecule has 1 aliphatic rings. The molecule has 1 aliphatic carbocycles. The number of aldehydes is 1. The zero-order chi connectivity index (χ0) is 22.5. The van der Waals surface area contributed by atoms with Crippen molar-refractivity contribution in [2.45, 2.75) is 30.2 Å². The van der Waals surface area contributed by atoms with Gasteiger partial charge in [-0.25, -0.2) is 17.4 Å². The number of hydrogen-bond acceptors (Lipinski definition) is 6. The van der Waals surface area contributed by atoms with E-state index >= 15 is 0 Å². The van der Waals surface area contributed by atoms with Crippen LogP contribution in [-0.2, 0) is 11.0 Å². The number of nitrogens with one attached hydrogen (secondary N) is 2. The van der Waals surface area contributed by atoms with Gasteiger partial charge in [-0.15, -0.1) is 0 Å². The third-order valence-electron chi connectivity index (χ3n) is 4.48. The summed E-state index contributed by atoms with van der Waals surface area (Å²) in [5.41, 5.74) is 0.567. The maximum atomic E-state index is 14.2. The average Bonchev–Trinajstić information content (AvgIpc) is 3.51. The zero-order valence-corrected chi connectivity index (χ0v) is 17.5. The van der Waals surface area contributed by atoms with E-state index < -0.39 is 35.7 Å². The number of alkyl halides is 2. The number of hydrogen-bond donors (Lipinski definition) is 2. The van der Waals surface area contributed by atoms with E-state index in [4.69, 9.17) is 4.74 Å². The topological polar surface area (TPSA) is 96.5 Å². The van der Waals surface area contributed by atoms with E-state index in [2.05, 4.69) is 19.4 Å². The second-order valence-corrected chi connectivity index (χ2v) is 7.90. The van der Waals surface area contributed by atoms with Gasteiger partial charge in [0.1, 0.15) is 5.69 Å². The number of carbonyl (C=O) groups is 1. The van der Waals surface area contributed by atoms with Crippen molar-refractivity contribution in [1.29, 1.82) is 0 Å². The Morgan fingerprint density at radius 2 is 2.16 bits per heavy atom. The smallest absolute Gasteiger partial charge is 0.272 e. The Labute approximate surface area is 179 Å². The lowest BCUT2D eigenvalue weighted by atomic mass is 10.2. The molecule has 1 atom stereocenters. The monoisotopic (exact) mass is 458 g/mol. The molecule has 0 saturated heterocycles. The van der Waals surface area contributed by atoms with Crippen molar-refractivity contribution < 1.29 is 31.6 Å². The first-order valence-corrected chi connectivity index (χ1v) is 10.4. The summed E-state index contributed by atoms with van der Waals surface area (Å²) in [7, 11) is 1.21. The first-order chi connectivity index (χ1) is 14.8. The number of halogens is 3. The van der Waals surface area contributed by atoms with E-state index in [1.807, 2.05) is 11.9 Å². The maximum absolute atomic E-state index is 14.2. The van der Waals surface area contributed by atoms with Gasteiger partial charge in [0.15, 0.2) is 29.7 Å². The Kier molecular flexibility index (Phi) is 7.21. The summed E-state index contributed by atoms with van der Waals surface area (Å²) in [6.45, 7) is -1.03. The van der Waals surface area contributed by atoms with E-state index in [1.54, 1.807) is 12.3 Å². The van der Waals surface area contributed by atoms with Crippen molar-refractivity contribution in [2.24, 2.45) is 0 Å². The lowest BCUT2D eigenvalue weighted by Gasteiger charge is -2.13. The van der Waals surface area contributed by atoms with Gasteiger partial charge in [-0.2, -0.15) is 4.98 Å². The first kappa shape index (κ1) is 22.7. The number of pyridine rings is 1. The van der Waals surface area contributed by atoms with Crippen molar-refractivity contribution >= 4 is 29.0 Å². The fourth-order valence-electron chi connectivity index (χ4n) is 2.73. The number of nitrogens with zero attached hydrogens (tertiary/aromatic N) is 2. The lowest BCUT2D eigenvalue weighted by Crippen LogP contribution is -2.13. The van der Waals surface area contributed by atoms with Crippen molar-refractivity contribution in [3.8, 4) is 11.8 Å². The molecule has 8 nitrogen and oxygen atoms in total. The molecule has 168 valence electrons. The van der Waals surface area contributed by atoms with Crippen LogP contribution < -0.4 is 14.2 Å². The number of anilines is 1. The highest BCUT2D eigenvalue weighted by atomic mass is 32.2. The first-order valence-electron chi connectivity index (χ1n) is 9.24. The second kappa shape index (κ2) is 9.86. The number of aromatic amines is 1. The fraction of sp³-hybridized carbons (Fsp3) is 0.368. The van der Waals surface area contributed by atoms with E-state index in [1.165, 1.54) is 13.3 Å². The summed E-state index contributed by atoms with van der Waals surface area (Å²) < 4.78 is 64.0. The largest absolute Gasteiger partial charge is 0.479 e. The van der Waals surface area contributed by atoms with E-state index in [0.29, 0.717) is 17.9 Å². The van der Waals surface area contributed by atoms with Crippen LogP contribution in [0.3, 0.4) is 0 Å². The third kappa shape index (κ3) is 5.57. The minimum Gasteiger partial charge on any atom is -0.479 e. The molecular formula is C19H21F3N4O4S. The predicted molar refractivity (Wildman–Crippen MR) is 108 cm³/mol. The summed E-state index contributed by atoms with van der Waals surface area (Å²) in [6.07, 6.45) is 4.85. The zero-order valence-electron chi connectivity index (χ0n) is 16.7.